The molecule has 7 atom stereocenters. The number of nitrogens with zero attached hydrogens (tertiary/aromatic N) is 2. The number of benzene rings is 4. The van der Waals surface area contributed by atoms with Crippen molar-refractivity contribution in [1.82, 2.24) is 10.2 Å². The van der Waals surface area contributed by atoms with Crippen LogP contribution in [0, 0.1) is 11.8 Å². The van der Waals surface area contributed by atoms with Crippen LogP contribution in [0.2, 0.25) is 0 Å². The molecule has 3 amide bonds. The Kier molecular flexibility index (Phi) is 11.5. The number of urea groups is 1. The first-order valence-corrected chi connectivity index (χ1v) is 19.1. The van der Waals surface area contributed by atoms with Gasteiger partial charge in [0.15, 0.2) is 0 Å². The lowest BCUT2D eigenvalue weighted by molar-refractivity contribution is -0.180. The smallest absolute Gasteiger partial charge is 0.329 e. The van der Waals surface area contributed by atoms with Crippen molar-refractivity contribution < 1.29 is 48.0 Å². The Morgan fingerprint density at radius 1 is 0.879 bits per heavy atom. The number of cyclic esters (lactones) is 1. The van der Waals surface area contributed by atoms with Crippen molar-refractivity contribution in [2.24, 2.45) is 11.8 Å². The van der Waals surface area contributed by atoms with Crippen LogP contribution in [-0.2, 0) is 38.8 Å². The summed E-state index contributed by atoms with van der Waals surface area (Å²) in [6.07, 6.45) is 0.486. The predicted molar refractivity (Wildman–Crippen MR) is 211 cm³/mol. The topological polar surface area (TPSA) is 161 Å². The van der Waals surface area contributed by atoms with Crippen LogP contribution < -0.4 is 15.0 Å². The number of nitrogens with one attached hydrogen (secondary N) is 1. The van der Waals surface area contributed by atoms with Crippen molar-refractivity contribution in [3.8, 4) is 5.75 Å². The molecular weight excluding hydrogens is 743 g/mol. The lowest BCUT2D eigenvalue weighted by atomic mass is 9.65. The van der Waals surface area contributed by atoms with Crippen LogP contribution in [0.5, 0.6) is 5.75 Å². The monoisotopic (exact) mass is 787 g/mol. The molecular formula is C45H45N3O10. The molecule has 0 saturated carbocycles. The Bertz CT molecular complexity index is 2180. The summed E-state index contributed by atoms with van der Waals surface area (Å²) in [4.78, 5) is 75.9. The molecule has 13 heteroatoms. The number of ether oxygens (including phenoxy) is 4. The standard InChI is InChI=1S/C45H45N3O10/c1-5-25-57-40(50)34-37-42(52)58-38(29-16-10-7-11-17-29)36(28-14-8-6-9-15-28)48(37)39(30-20-22-31(23-21-30)56-26-24-49)45(34)32-18-12-13-19-33(32)47(43(45)53)44(54)46-35(27(2)3)41(51)55-4/h5-23,27,34-39,49H,1,24-26H2,2-4H3,(H,46,54)/t34-,35+,36-,37-,38+,39+,45-/m1/s1. The molecule has 4 aromatic rings. The number of esters is 3. The van der Waals surface area contributed by atoms with Gasteiger partial charge in [0.05, 0.1) is 31.5 Å². The van der Waals surface area contributed by atoms with E-state index in [2.05, 4.69) is 11.9 Å². The highest BCUT2D eigenvalue weighted by Gasteiger charge is 2.76. The lowest BCUT2D eigenvalue weighted by Crippen LogP contribution is -2.56. The molecule has 2 N–H and O–H groups in total. The fraction of sp³-hybridized carbons (Fsp3) is 0.311. The minimum atomic E-state index is -2.00. The van der Waals surface area contributed by atoms with E-state index < -0.39 is 77.4 Å². The highest BCUT2D eigenvalue weighted by atomic mass is 16.6. The number of para-hydroxylation sites is 1. The van der Waals surface area contributed by atoms with Gasteiger partial charge >= 0.3 is 23.9 Å². The second-order valence-electron chi connectivity index (χ2n) is 14.7. The van der Waals surface area contributed by atoms with Crippen LogP contribution >= 0.6 is 0 Å². The fourth-order valence-corrected chi connectivity index (χ4v) is 8.79. The average molecular weight is 788 g/mol. The first-order valence-electron chi connectivity index (χ1n) is 19.1. The molecule has 7 rings (SSSR count). The maximum absolute atomic E-state index is 15.9. The molecule has 0 bridgehead atoms. The van der Waals surface area contributed by atoms with E-state index in [-0.39, 0.29) is 25.5 Å². The van der Waals surface area contributed by atoms with E-state index in [4.69, 9.17) is 18.9 Å². The molecule has 58 heavy (non-hydrogen) atoms. The summed E-state index contributed by atoms with van der Waals surface area (Å²) in [7, 11) is 1.21. The molecule has 3 aliphatic heterocycles. The van der Waals surface area contributed by atoms with Gasteiger partial charge < -0.3 is 29.4 Å². The number of hydrogen-bond acceptors (Lipinski definition) is 11. The highest BCUT2D eigenvalue weighted by molar-refractivity contribution is 6.24. The molecule has 4 aromatic carbocycles. The first kappa shape index (κ1) is 39.9. The number of carbonyl (C=O) groups is 5. The maximum atomic E-state index is 15.9. The molecule has 0 radical (unpaired) electrons. The van der Waals surface area contributed by atoms with E-state index >= 15 is 4.79 Å². The average Bonchev–Trinajstić information content (AvgIpc) is 3.70. The molecule has 2 saturated heterocycles. The van der Waals surface area contributed by atoms with Gasteiger partial charge in [-0.1, -0.05) is 117 Å². The molecule has 0 aliphatic carbocycles. The number of morpholine rings is 1. The van der Waals surface area contributed by atoms with Gasteiger partial charge in [0.2, 0.25) is 5.91 Å². The van der Waals surface area contributed by atoms with Crippen LogP contribution in [0.1, 0.15) is 54.3 Å². The third-order valence-electron chi connectivity index (χ3n) is 11.1. The van der Waals surface area contributed by atoms with Crippen molar-refractivity contribution in [2.45, 2.75) is 49.5 Å². The zero-order chi connectivity index (χ0) is 41.1. The summed E-state index contributed by atoms with van der Waals surface area (Å²) in [6, 6.07) is 26.8. The van der Waals surface area contributed by atoms with Crippen molar-refractivity contribution in [1.29, 1.82) is 0 Å². The Balaban J connectivity index is 1.53. The van der Waals surface area contributed by atoms with Crippen LogP contribution in [-0.4, -0.2) is 78.9 Å². The second-order valence-corrected chi connectivity index (χ2v) is 14.7. The Hall–Kier alpha value is -6.31. The Morgan fingerprint density at radius 3 is 2.14 bits per heavy atom. The quantitative estimate of drug-likeness (QED) is 0.108. The van der Waals surface area contributed by atoms with Crippen molar-refractivity contribution >= 4 is 35.5 Å². The van der Waals surface area contributed by atoms with E-state index in [0.717, 1.165) is 10.5 Å². The SMILES string of the molecule is C=CCOC(=O)[C@H]1[C@@H]2C(=O)O[C@@H](c3ccccc3)[C@@H](c3ccccc3)N2[C@@H](c2ccc(OCCO)cc2)[C@]12C(=O)N(C(=O)N[C@H](C(=O)OC)C(C)C)c1ccccc12. The van der Waals surface area contributed by atoms with Gasteiger partial charge in [-0.25, -0.2) is 14.5 Å². The number of aliphatic hydroxyl groups is 1. The summed E-state index contributed by atoms with van der Waals surface area (Å²) in [5, 5.41) is 12.1. The van der Waals surface area contributed by atoms with Gasteiger partial charge in [-0.15, -0.1) is 0 Å². The summed E-state index contributed by atoms with van der Waals surface area (Å²) >= 11 is 0. The van der Waals surface area contributed by atoms with Gasteiger partial charge in [0.1, 0.15) is 48.5 Å². The summed E-state index contributed by atoms with van der Waals surface area (Å²) in [5.41, 5.74) is 0.399. The fourth-order valence-electron chi connectivity index (χ4n) is 8.79. The number of rotatable bonds is 12. The number of hydrogen-bond donors (Lipinski definition) is 2. The summed E-state index contributed by atoms with van der Waals surface area (Å²) in [5.74, 6) is -4.70. The van der Waals surface area contributed by atoms with E-state index in [1.54, 1.807) is 62.4 Å². The molecule has 3 heterocycles. The van der Waals surface area contributed by atoms with Crippen LogP contribution in [0.4, 0.5) is 10.5 Å². The van der Waals surface area contributed by atoms with Crippen LogP contribution in [0.25, 0.3) is 0 Å². The normalized spacial score (nSPS) is 24.1. The first-order chi connectivity index (χ1) is 28.1. The zero-order valence-corrected chi connectivity index (χ0v) is 32.4. The van der Waals surface area contributed by atoms with Gasteiger partial charge in [0, 0.05) is 0 Å². The van der Waals surface area contributed by atoms with Gasteiger partial charge in [-0.05, 0) is 46.4 Å². The summed E-state index contributed by atoms with van der Waals surface area (Å²) in [6.45, 7) is 6.77. The van der Waals surface area contributed by atoms with Gasteiger partial charge in [-0.2, -0.15) is 0 Å². The maximum Gasteiger partial charge on any atom is 0.329 e. The van der Waals surface area contributed by atoms with Crippen molar-refractivity contribution in [2.75, 3.05) is 31.8 Å². The molecule has 13 nitrogen and oxygen atoms in total. The predicted octanol–water partition coefficient (Wildman–Crippen LogP) is 5.36. The molecule has 0 unspecified atom stereocenters. The minimum Gasteiger partial charge on any atom is -0.491 e. The largest absolute Gasteiger partial charge is 0.491 e. The highest BCUT2D eigenvalue weighted by Crippen LogP contribution is 2.66. The van der Waals surface area contributed by atoms with Gasteiger partial charge in [-0.3, -0.25) is 19.3 Å². The number of fused-ring (bicyclic) bond motifs is 3. The number of methoxy groups -OCH3 is 1. The molecule has 300 valence electrons. The zero-order valence-electron chi connectivity index (χ0n) is 32.4. The summed E-state index contributed by atoms with van der Waals surface area (Å²) < 4.78 is 22.9. The third-order valence-corrected chi connectivity index (χ3v) is 11.1. The number of imide groups is 1. The lowest BCUT2D eigenvalue weighted by Gasteiger charge is -2.46. The molecule has 0 aromatic heterocycles. The number of carbonyl (C=O) groups excluding carboxylic acids is 5. The number of anilines is 1. The van der Waals surface area contributed by atoms with Crippen LogP contribution in [0.3, 0.4) is 0 Å². The third kappa shape index (κ3) is 6.69. The van der Waals surface area contributed by atoms with E-state index in [1.807, 2.05) is 65.6 Å². The van der Waals surface area contributed by atoms with Gasteiger partial charge in [0.25, 0.3) is 0 Å². The van der Waals surface area contributed by atoms with E-state index in [0.29, 0.717) is 22.4 Å². The van der Waals surface area contributed by atoms with Crippen LogP contribution in [0.15, 0.2) is 122 Å². The number of aliphatic hydroxyl groups excluding tert-OH is 1. The minimum absolute atomic E-state index is 0.0394. The Morgan fingerprint density at radius 2 is 1.52 bits per heavy atom. The molecule has 3 aliphatic rings. The molecule has 1 spiro atoms. The van der Waals surface area contributed by atoms with E-state index in [1.165, 1.54) is 13.2 Å². The molecule has 2 fully saturated rings. The van der Waals surface area contributed by atoms with Crippen molar-refractivity contribution in [3.63, 3.8) is 0 Å². The Labute approximate surface area is 336 Å². The second kappa shape index (κ2) is 16.7. The van der Waals surface area contributed by atoms with Crippen molar-refractivity contribution in [3.05, 3.63) is 144 Å². The van der Waals surface area contributed by atoms with E-state index in [9.17, 15) is 24.3 Å². The number of amides is 3.